The summed E-state index contributed by atoms with van der Waals surface area (Å²) in [6.07, 6.45) is 7.04. The number of hydrogen-bond acceptors (Lipinski definition) is 3. The van der Waals surface area contributed by atoms with Crippen LogP contribution in [0.1, 0.15) is 44.2 Å². The van der Waals surface area contributed by atoms with Gasteiger partial charge in [0.15, 0.2) is 0 Å². The zero-order chi connectivity index (χ0) is 17.8. The van der Waals surface area contributed by atoms with Crippen molar-refractivity contribution in [1.82, 2.24) is 14.5 Å². The lowest BCUT2D eigenvalue weighted by Gasteiger charge is -2.34. The molecular formula is C18H23F2N3O2. The topological polar surface area (TPSA) is 55.2 Å². The van der Waals surface area contributed by atoms with Gasteiger partial charge in [0, 0.05) is 31.6 Å². The van der Waals surface area contributed by atoms with Gasteiger partial charge in [-0.25, -0.2) is 13.8 Å². The minimum atomic E-state index is -2.73. The van der Waals surface area contributed by atoms with Crippen molar-refractivity contribution in [2.24, 2.45) is 11.8 Å². The molecule has 25 heavy (non-hydrogen) atoms. The summed E-state index contributed by atoms with van der Waals surface area (Å²) in [5, 5.41) is 0. The van der Waals surface area contributed by atoms with Gasteiger partial charge in [-0.3, -0.25) is 14.2 Å². The van der Waals surface area contributed by atoms with E-state index in [2.05, 4.69) is 17.1 Å². The normalized spacial score (nSPS) is 21.7. The molecule has 1 saturated heterocycles. The van der Waals surface area contributed by atoms with Gasteiger partial charge < -0.3 is 4.90 Å². The maximum atomic E-state index is 12.6. The Bertz CT molecular complexity index is 694. The zero-order valence-electron chi connectivity index (χ0n) is 14.1. The highest BCUT2D eigenvalue weighted by Crippen LogP contribution is 2.25. The molecule has 1 aliphatic carbocycles. The molecule has 5 nitrogen and oxygen atoms in total. The number of carbonyl (C=O) groups excluding carboxylic acids is 1. The molecule has 1 aliphatic heterocycles. The van der Waals surface area contributed by atoms with Gasteiger partial charge in [-0.15, -0.1) is 0 Å². The average molecular weight is 351 g/mol. The summed E-state index contributed by atoms with van der Waals surface area (Å²) in [5.41, 5.74) is -0.930. The van der Waals surface area contributed by atoms with Crippen molar-refractivity contribution in [2.45, 2.75) is 45.1 Å². The minimum Gasteiger partial charge on any atom is -0.342 e. The van der Waals surface area contributed by atoms with Crippen molar-refractivity contribution in [2.75, 3.05) is 13.1 Å². The maximum absolute atomic E-state index is 12.6. The fourth-order valence-electron chi connectivity index (χ4n) is 3.59. The Labute approximate surface area is 145 Å². The van der Waals surface area contributed by atoms with Crippen molar-refractivity contribution >= 4 is 5.91 Å². The predicted molar refractivity (Wildman–Crippen MR) is 89.2 cm³/mol. The van der Waals surface area contributed by atoms with Crippen molar-refractivity contribution in [3.63, 3.8) is 0 Å². The van der Waals surface area contributed by atoms with Crippen LogP contribution in [0.15, 0.2) is 29.3 Å². The molecule has 3 rings (SSSR count). The van der Waals surface area contributed by atoms with Crippen LogP contribution in [-0.2, 0) is 11.3 Å². The highest BCUT2D eigenvalue weighted by Gasteiger charge is 2.28. The van der Waals surface area contributed by atoms with Crippen LogP contribution in [0.3, 0.4) is 0 Å². The number of nitrogens with zero attached hydrogens (tertiary/aromatic N) is 3. The predicted octanol–water partition coefficient (Wildman–Crippen LogP) is 2.78. The van der Waals surface area contributed by atoms with E-state index in [4.69, 9.17) is 0 Å². The van der Waals surface area contributed by atoms with Crippen LogP contribution in [0.4, 0.5) is 8.78 Å². The SMILES string of the molecule is O=C(C1CC=CCC1)N1CCC(Cn2cnc(C(F)F)cc2=O)CC1. The Morgan fingerprint density at radius 3 is 2.60 bits per heavy atom. The van der Waals surface area contributed by atoms with Crippen LogP contribution in [0.25, 0.3) is 0 Å². The van der Waals surface area contributed by atoms with Gasteiger partial charge in [-0.05, 0) is 38.0 Å². The Morgan fingerprint density at radius 1 is 1.24 bits per heavy atom. The lowest BCUT2D eigenvalue weighted by atomic mass is 9.91. The van der Waals surface area contributed by atoms with Gasteiger partial charge in [-0.1, -0.05) is 12.2 Å². The molecule has 1 atom stereocenters. The number of hydrogen-bond donors (Lipinski definition) is 0. The van der Waals surface area contributed by atoms with Crippen molar-refractivity contribution in [3.8, 4) is 0 Å². The molecule has 1 unspecified atom stereocenters. The molecule has 1 aromatic rings. The summed E-state index contributed by atoms with van der Waals surface area (Å²) < 4.78 is 26.5. The van der Waals surface area contributed by atoms with E-state index in [1.165, 1.54) is 10.9 Å². The summed E-state index contributed by atoms with van der Waals surface area (Å²) in [6, 6.07) is 0.903. The largest absolute Gasteiger partial charge is 0.342 e. The van der Waals surface area contributed by atoms with Crippen molar-refractivity contribution < 1.29 is 13.6 Å². The van der Waals surface area contributed by atoms with Gasteiger partial charge >= 0.3 is 0 Å². The third-order valence-electron chi connectivity index (χ3n) is 5.12. The van der Waals surface area contributed by atoms with Crippen LogP contribution >= 0.6 is 0 Å². The maximum Gasteiger partial charge on any atom is 0.280 e. The summed E-state index contributed by atoms with van der Waals surface area (Å²) in [4.78, 5) is 30.0. The number of aromatic nitrogens is 2. The van der Waals surface area contributed by atoms with E-state index >= 15 is 0 Å². The third kappa shape index (κ3) is 4.32. The fraction of sp³-hybridized carbons (Fsp3) is 0.611. The second-order valence-corrected chi connectivity index (χ2v) is 6.86. The number of allylic oxidation sites excluding steroid dienone is 2. The van der Waals surface area contributed by atoms with E-state index in [9.17, 15) is 18.4 Å². The molecule has 0 bridgehead atoms. The smallest absolute Gasteiger partial charge is 0.280 e. The van der Waals surface area contributed by atoms with E-state index in [1.807, 2.05) is 4.90 Å². The molecule has 7 heteroatoms. The Hall–Kier alpha value is -2.05. The molecule has 0 radical (unpaired) electrons. The van der Waals surface area contributed by atoms with Crippen molar-refractivity contribution in [1.29, 1.82) is 0 Å². The van der Waals surface area contributed by atoms with Crippen LogP contribution in [0.2, 0.25) is 0 Å². The first kappa shape index (κ1) is 17.8. The average Bonchev–Trinajstić information content (AvgIpc) is 2.64. The van der Waals surface area contributed by atoms with Crippen molar-refractivity contribution in [3.05, 3.63) is 40.6 Å². The molecule has 2 aliphatic rings. The van der Waals surface area contributed by atoms with Gasteiger partial charge in [0.25, 0.3) is 12.0 Å². The zero-order valence-corrected chi connectivity index (χ0v) is 14.1. The molecule has 136 valence electrons. The molecule has 2 heterocycles. The van der Waals surface area contributed by atoms with E-state index in [-0.39, 0.29) is 17.7 Å². The van der Waals surface area contributed by atoms with Gasteiger partial charge in [0.05, 0.1) is 6.33 Å². The van der Waals surface area contributed by atoms with E-state index in [1.54, 1.807) is 0 Å². The second kappa shape index (κ2) is 7.89. The van der Waals surface area contributed by atoms with Gasteiger partial charge in [0.2, 0.25) is 5.91 Å². The molecule has 0 aromatic carbocycles. The molecular weight excluding hydrogens is 328 g/mol. The summed E-state index contributed by atoms with van der Waals surface area (Å²) in [7, 11) is 0. The van der Waals surface area contributed by atoms with Crippen LogP contribution in [-0.4, -0.2) is 33.4 Å². The molecule has 1 amide bonds. The second-order valence-electron chi connectivity index (χ2n) is 6.86. The molecule has 1 fully saturated rings. The lowest BCUT2D eigenvalue weighted by Crippen LogP contribution is -2.43. The fourth-order valence-corrected chi connectivity index (χ4v) is 3.59. The first-order chi connectivity index (χ1) is 12.0. The first-order valence-corrected chi connectivity index (χ1v) is 8.83. The minimum absolute atomic E-state index is 0.107. The van der Waals surface area contributed by atoms with Gasteiger partial charge in [0.1, 0.15) is 5.69 Å². The van der Waals surface area contributed by atoms with Crippen LogP contribution in [0.5, 0.6) is 0 Å². The van der Waals surface area contributed by atoms with E-state index < -0.39 is 17.7 Å². The highest BCUT2D eigenvalue weighted by molar-refractivity contribution is 5.79. The summed E-state index contributed by atoms with van der Waals surface area (Å²) in [6.45, 7) is 1.85. The third-order valence-corrected chi connectivity index (χ3v) is 5.12. The number of likely N-dealkylation sites (tertiary alicyclic amines) is 1. The number of halogens is 2. The number of piperidine rings is 1. The summed E-state index contributed by atoms with van der Waals surface area (Å²) >= 11 is 0. The molecule has 0 saturated carbocycles. The highest BCUT2D eigenvalue weighted by atomic mass is 19.3. The van der Waals surface area contributed by atoms with E-state index in [0.29, 0.717) is 19.6 Å². The number of alkyl halides is 2. The standard InChI is InChI=1S/C18H23F2N3O2/c19-17(20)15-10-16(24)23(12-21-15)11-13-6-8-22(9-7-13)18(25)14-4-2-1-3-5-14/h1-2,10,12-14,17H,3-9,11H2. The summed E-state index contributed by atoms with van der Waals surface area (Å²) in [5.74, 6) is 0.602. The quantitative estimate of drug-likeness (QED) is 0.784. The lowest BCUT2D eigenvalue weighted by molar-refractivity contribution is -0.137. The molecule has 1 aromatic heterocycles. The Morgan fingerprint density at radius 2 is 2.00 bits per heavy atom. The van der Waals surface area contributed by atoms with Crippen LogP contribution in [0, 0.1) is 11.8 Å². The van der Waals surface area contributed by atoms with E-state index in [0.717, 1.165) is 38.2 Å². The first-order valence-electron chi connectivity index (χ1n) is 8.83. The Kier molecular flexibility index (Phi) is 5.60. The van der Waals surface area contributed by atoms with Gasteiger partial charge in [-0.2, -0.15) is 0 Å². The Balaban J connectivity index is 1.53. The number of amides is 1. The molecule has 0 N–H and O–H groups in total. The number of rotatable bonds is 4. The van der Waals surface area contributed by atoms with Crippen LogP contribution < -0.4 is 5.56 Å². The number of carbonyl (C=O) groups is 1. The molecule has 0 spiro atoms. The monoisotopic (exact) mass is 351 g/mol.